The van der Waals surface area contributed by atoms with Crippen LogP contribution in [0.4, 0.5) is 0 Å². The molecule has 0 radical (unpaired) electrons. The summed E-state index contributed by atoms with van der Waals surface area (Å²) in [6.45, 7) is 2.47. The third-order valence-electron chi connectivity index (χ3n) is 4.17. The van der Waals surface area contributed by atoms with Crippen molar-refractivity contribution in [2.24, 2.45) is 0 Å². The zero-order valence-electron chi connectivity index (χ0n) is 14.7. The quantitative estimate of drug-likeness (QED) is 0.474. The Hall–Kier alpha value is -2.57. The van der Waals surface area contributed by atoms with Gasteiger partial charge in [-0.15, -0.1) is 5.10 Å². The maximum Gasteiger partial charge on any atom is 0.350 e. The van der Waals surface area contributed by atoms with Crippen molar-refractivity contribution in [2.75, 3.05) is 0 Å². The van der Waals surface area contributed by atoms with Crippen LogP contribution in [0.25, 0.3) is 5.65 Å². The van der Waals surface area contributed by atoms with Crippen LogP contribution in [-0.4, -0.2) is 19.2 Å². The molecule has 0 amide bonds. The van der Waals surface area contributed by atoms with Gasteiger partial charge in [-0.05, 0) is 30.2 Å². The Morgan fingerprint density at radius 3 is 2.70 bits per heavy atom. The second kappa shape index (κ2) is 7.58. The van der Waals surface area contributed by atoms with E-state index in [1.165, 1.54) is 4.68 Å². The Labute approximate surface area is 165 Å². The van der Waals surface area contributed by atoms with Gasteiger partial charge in [0.25, 0.3) is 0 Å². The third kappa shape index (κ3) is 3.91. The summed E-state index contributed by atoms with van der Waals surface area (Å²) in [6, 6.07) is 15.8. The van der Waals surface area contributed by atoms with Crippen LogP contribution in [-0.2, 0) is 12.3 Å². The van der Waals surface area contributed by atoms with Gasteiger partial charge < -0.3 is 0 Å². The van der Waals surface area contributed by atoms with Crippen LogP contribution in [0.15, 0.2) is 70.7 Å². The highest BCUT2D eigenvalue weighted by Gasteiger charge is 2.12. The Kier molecular flexibility index (Phi) is 5.01. The first-order chi connectivity index (χ1) is 13.1. The molecule has 2 aromatic carbocycles. The largest absolute Gasteiger partial charge is 0.350 e. The van der Waals surface area contributed by atoms with Crippen molar-refractivity contribution in [1.82, 2.24) is 19.2 Å². The molecule has 0 aliphatic rings. The van der Waals surface area contributed by atoms with E-state index in [-0.39, 0.29) is 5.69 Å². The smallest absolute Gasteiger partial charge is 0.246 e. The van der Waals surface area contributed by atoms with Gasteiger partial charge in [0.1, 0.15) is 5.03 Å². The van der Waals surface area contributed by atoms with Crippen LogP contribution in [0.2, 0.25) is 5.02 Å². The summed E-state index contributed by atoms with van der Waals surface area (Å²) >= 11 is 7.48. The van der Waals surface area contributed by atoms with Crippen LogP contribution in [0.3, 0.4) is 0 Å². The van der Waals surface area contributed by atoms with E-state index >= 15 is 0 Å². The first kappa shape index (κ1) is 17.8. The molecular weight excluding hydrogens is 380 g/mol. The van der Waals surface area contributed by atoms with E-state index in [0.29, 0.717) is 17.2 Å². The van der Waals surface area contributed by atoms with Gasteiger partial charge in [0.05, 0.1) is 6.54 Å². The maximum atomic E-state index is 12.7. The van der Waals surface area contributed by atoms with Gasteiger partial charge in [0, 0.05) is 23.2 Å². The average molecular weight is 397 g/mol. The standard InChI is InChI=1S/C20H17ClN4OS/c1-14-3-2-4-16(11-14)12-25-20(26)24-10-9-22-19(18(24)23-25)27-13-15-5-7-17(21)8-6-15/h2-11H,12-13H2,1H3. The molecule has 5 nitrogen and oxygen atoms in total. The second-order valence-electron chi connectivity index (χ2n) is 6.27. The highest BCUT2D eigenvalue weighted by Crippen LogP contribution is 2.24. The van der Waals surface area contributed by atoms with E-state index in [1.807, 2.05) is 49.4 Å². The first-order valence-electron chi connectivity index (χ1n) is 8.47. The summed E-state index contributed by atoms with van der Waals surface area (Å²) in [7, 11) is 0. The molecule has 0 N–H and O–H groups in total. The minimum absolute atomic E-state index is 0.165. The fourth-order valence-corrected chi connectivity index (χ4v) is 3.87. The molecule has 0 unspecified atom stereocenters. The van der Waals surface area contributed by atoms with Crippen LogP contribution < -0.4 is 5.69 Å². The number of rotatable bonds is 5. The zero-order chi connectivity index (χ0) is 18.8. The highest BCUT2D eigenvalue weighted by atomic mass is 35.5. The molecule has 7 heteroatoms. The predicted octanol–water partition coefficient (Wildman–Crippen LogP) is 4.19. The number of hydrogen-bond acceptors (Lipinski definition) is 4. The van der Waals surface area contributed by atoms with E-state index in [2.05, 4.69) is 16.1 Å². The molecule has 136 valence electrons. The molecule has 27 heavy (non-hydrogen) atoms. The molecule has 0 saturated carbocycles. The zero-order valence-corrected chi connectivity index (χ0v) is 16.2. The lowest BCUT2D eigenvalue weighted by Crippen LogP contribution is -2.21. The Morgan fingerprint density at radius 2 is 1.93 bits per heavy atom. The number of fused-ring (bicyclic) bond motifs is 1. The second-order valence-corrected chi connectivity index (χ2v) is 7.67. The summed E-state index contributed by atoms with van der Waals surface area (Å²) < 4.78 is 3.03. The monoisotopic (exact) mass is 396 g/mol. The van der Waals surface area contributed by atoms with Crippen molar-refractivity contribution in [3.05, 3.63) is 93.1 Å². The lowest BCUT2D eigenvalue weighted by molar-refractivity contribution is 0.658. The van der Waals surface area contributed by atoms with Crippen molar-refractivity contribution in [2.45, 2.75) is 24.2 Å². The van der Waals surface area contributed by atoms with Gasteiger partial charge in [0.2, 0.25) is 0 Å². The van der Waals surface area contributed by atoms with Crippen molar-refractivity contribution in [1.29, 1.82) is 0 Å². The minimum Gasteiger partial charge on any atom is -0.246 e. The summed E-state index contributed by atoms with van der Waals surface area (Å²) in [5.74, 6) is 0.725. The number of hydrogen-bond donors (Lipinski definition) is 0. The summed E-state index contributed by atoms with van der Waals surface area (Å²) in [4.78, 5) is 17.1. The molecule has 0 aliphatic carbocycles. The Balaban J connectivity index is 1.62. The molecule has 0 saturated heterocycles. The normalized spacial score (nSPS) is 11.2. The van der Waals surface area contributed by atoms with Gasteiger partial charge in [0.15, 0.2) is 5.65 Å². The summed E-state index contributed by atoms with van der Waals surface area (Å²) in [5.41, 5.74) is 3.75. The van der Waals surface area contributed by atoms with Crippen LogP contribution in [0.5, 0.6) is 0 Å². The summed E-state index contributed by atoms with van der Waals surface area (Å²) in [5, 5.41) is 5.97. The fourth-order valence-electron chi connectivity index (χ4n) is 2.85. The van der Waals surface area contributed by atoms with Gasteiger partial charge >= 0.3 is 5.69 Å². The molecule has 2 heterocycles. The van der Waals surface area contributed by atoms with E-state index < -0.39 is 0 Å². The third-order valence-corrected chi connectivity index (χ3v) is 5.46. The first-order valence-corrected chi connectivity index (χ1v) is 9.83. The molecule has 4 aromatic rings. The molecule has 0 fully saturated rings. The van der Waals surface area contributed by atoms with E-state index in [9.17, 15) is 4.79 Å². The molecular formula is C20H17ClN4OS. The number of aryl methyl sites for hydroxylation is 1. The molecule has 2 aromatic heterocycles. The molecule has 0 spiro atoms. The molecule has 0 atom stereocenters. The van der Waals surface area contributed by atoms with Crippen molar-refractivity contribution in [3.63, 3.8) is 0 Å². The number of thioether (sulfide) groups is 1. The van der Waals surface area contributed by atoms with Crippen LogP contribution in [0.1, 0.15) is 16.7 Å². The van der Waals surface area contributed by atoms with Gasteiger partial charge in [-0.1, -0.05) is 65.3 Å². The van der Waals surface area contributed by atoms with Crippen LogP contribution in [0, 0.1) is 6.92 Å². The number of halogens is 1. The molecule has 4 rings (SSSR count). The molecule has 0 bridgehead atoms. The van der Waals surface area contributed by atoms with Crippen molar-refractivity contribution in [3.8, 4) is 0 Å². The van der Waals surface area contributed by atoms with Gasteiger partial charge in [-0.2, -0.15) is 0 Å². The number of nitrogens with zero attached hydrogens (tertiary/aromatic N) is 4. The number of benzene rings is 2. The lowest BCUT2D eigenvalue weighted by Gasteiger charge is -2.02. The summed E-state index contributed by atoms with van der Waals surface area (Å²) in [6.07, 6.45) is 3.29. The van der Waals surface area contributed by atoms with Gasteiger partial charge in [-0.25, -0.2) is 18.9 Å². The Morgan fingerprint density at radius 1 is 1.11 bits per heavy atom. The topological polar surface area (TPSA) is 52.2 Å². The highest BCUT2D eigenvalue weighted by molar-refractivity contribution is 7.98. The fraction of sp³-hybridized carbons (Fsp3) is 0.150. The maximum absolute atomic E-state index is 12.7. The van der Waals surface area contributed by atoms with Crippen LogP contribution >= 0.6 is 23.4 Å². The molecule has 0 aliphatic heterocycles. The minimum atomic E-state index is -0.165. The average Bonchev–Trinajstić information content (AvgIpc) is 2.98. The SMILES string of the molecule is Cc1cccc(Cn2nc3c(SCc4ccc(Cl)cc4)nccn3c2=O)c1. The Bertz CT molecular complexity index is 1150. The van der Waals surface area contributed by atoms with E-state index in [4.69, 9.17) is 11.6 Å². The number of aromatic nitrogens is 4. The van der Waals surface area contributed by atoms with Crippen molar-refractivity contribution < 1.29 is 0 Å². The van der Waals surface area contributed by atoms with E-state index in [1.54, 1.807) is 28.6 Å². The predicted molar refractivity (Wildman–Crippen MR) is 109 cm³/mol. The van der Waals surface area contributed by atoms with Gasteiger partial charge in [-0.3, -0.25) is 0 Å². The lowest BCUT2D eigenvalue weighted by atomic mass is 10.1. The van der Waals surface area contributed by atoms with E-state index in [0.717, 1.165) is 27.5 Å². The van der Waals surface area contributed by atoms with Crippen molar-refractivity contribution >= 4 is 29.0 Å².